The van der Waals surface area contributed by atoms with Gasteiger partial charge in [-0.15, -0.1) is 0 Å². The fourth-order valence-corrected chi connectivity index (χ4v) is 3.83. The van der Waals surface area contributed by atoms with E-state index in [1.165, 1.54) is 16.8 Å². The Labute approximate surface area is 160 Å². The fourth-order valence-electron chi connectivity index (χ4n) is 3.83. The molecule has 1 aliphatic rings. The molecule has 4 rings (SSSR count). The highest BCUT2D eigenvalue weighted by Crippen LogP contribution is 2.39. The maximum Gasteiger partial charge on any atom is 0.163 e. The lowest BCUT2D eigenvalue weighted by Gasteiger charge is -2.20. The first-order chi connectivity index (χ1) is 13.2. The zero-order valence-corrected chi connectivity index (χ0v) is 15.5. The second-order valence-electron chi connectivity index (χ2n) is 6.98. The van der Waals surface area contributed by atoms with Crippen molar-refractivity contribution in [3.05, 3.63) is 95.6 Å². The molecule has 0 saturated heterocycles. The van der Waals surface area contributed by atoms with Crippen LogP contribution in [0.3, 0.4) is 0 Å². The van der Waals surface area contributed by atoms with E-state index < -0.39 is 0 Å². The lowest BCUT2D eigenvalue weighted by molar-refractivity contribution is 0.0975. The normalized spacial score (nSPS) is 15.4. The third-order valence-electron chi connectivity index (χ3n) is 5.22. The largest absolute Gasteiger partial charge is 0.497 e. The molecule has 0 saturated carbocycles. The molecular formula is C24H23NO2. The molecule has 1 unspecified atom stereocenters. The molecule has 1 atom stereocenters. The first kappa shape index (κ1) is 17.3. The van der Waals surface area contributed by atoms with E-state index in [4.69, 9.17) is 4.74 Å². The third-order valence-corrected chi connectivity index (χ3v) is 5.22. The molecule has 0 fully saturated rings. The summed E-state index contributed by atoms with van der Waals surface area (Å²) in [5.41, 5.74) is 4.55. The molecular weight excluding hydrogens is 334 g/mol. The molecule has 3 aromatic carbocycles. The number of para-hydroxylation sites is 1. The van der Waals surface area contributed by atoms with Crippen molar-refractivity contribution in [1.29, 1.82) is 0 Å². The van der Waals surface area contributed by atoms with Gasteiger partial charge in [-0.25, -0.2) is 0 Å². The molecule has 0 aromatic heterocycles. The van der Waals surface area contributed by atoms with Crippen molar-refractivity contribution in [2.24, 2.45) is 0 Å². The van der Waals surface area contributed by atoms with Crippen molar-refractivity contribution >= 4 is 11.5 Å². The lowest BCUT2D eigenvalue weighted by atomic mass is 9.93. The molecule has 3 aromatic rings. The zero-order valence-electron chi connectivity index (χ0n) is 15.5. The van der Waals surface area contributed by atoms with Crippen molar-refractivity contribution in [2.45, 2.75) is 18.9 Å². The monoisotopic (exact) mass is 357 g/mol. The fraction of sp³-hybridized carbons (Fsp3) is 0.208. The van der Waals surface area contributed by atoms with E-state index >= 15 is 0 Å². The SMILES string of the molecule is COc1ccc(C(=O)CC2CN(Cc3ccccc3)c3ccccc32)cc1. The van der Waals surface area contributed by atoms with Crippen LogP contribution in [0.5, 0.6) is 5.75 Å². The van der Waals surface area contributed by atoms with Gasteiger partial charge in [-0.05, 0) is 41.5 Å². The van der Waals surface area contributed by atoms with Crippen LogP contribution in [-0.4, -0.2) is 19.4 Å². The summed E-state index contributed by atoms with van der Waals surface area (Å²) >= 11 is 0. The Morgan fingerprint density at radius 3 is 2.41 bits per heavy atom. The Bertz CT molecular complexity index is 919. The van der Waals surface area contributed by atoms with Crippen LogP contribution in [-0.2, 0) is 6.54 Å². The number of benzene rings is 3. The van der Waals surface area contributed by atoms with Gasteiger partial charge in [0, 0.05) is 36.7 Å². The number of hydrogen-bond donors (Lipinski definition) is 0. The Morgan fingerprint density at radius 2 is 1.67 bits per heavy atom. The van der Waals surface area contributed by atoms with Crippen LogP contribution in [0.25, 0.3) is 0 Å². The minimum atomic E-state index is 0.180. The first-order valence-corrected chi connectivity index (χ1v) is 9.29. The van der Waals surface area contributed by atoms with Crippen LogP contribution in [0.1, 0.15) is 33.8 Å². The van der Waals surface area contributed by atoms with Crippen LogP contribution >= 0.6 is 0 Å². The maximum absolute atomic E-state index is 12.8. The molecule has 27 heavy (non-hydrogen) atoms. The predicted molar refractivity (Wildman–Crippen MR) is 109 cm³/mol. The number of nitrogens with zero attached hydrogens (tertiary/aromatic N) is 1. The van der Waals surface area contributed by atoms with Crippen molar-refractivity contribution < 1.29 is 9.53 Å². The number of anilines is 1. The smallest absolute Gasteiger partial charge is 0.163 e. The first-order valence-electron chi connectivity index (χ1n) is 9.29. The van der Waals surface area contributed by atoms with E-state index in [-0.39, 0.29) is 11.7 Å². The molecule has 3 heteroatoms. The van der Waals surface area contributed by atoms with E-state index in [9.17, 15) is 4.79 Å². The zero-order chi connectivity index (χ0) is 18.6. The highest BCUT2D eigenvalue weighted by Gasteiger charge is 2.30. The molecule has 3 nitrogen and oxygen atoms in total. The molecule has 136 valence electrons. The van der Waals surface area contributed by atoms with Crippen LogP contribution in [0, 0.1) is 0 Å². The van der Waals surface area contributed by atoms with Gasteiger partial charge in [0.2, 0.25) is 0 Å². The van der Waals surface area contributed by atoms with Crippen molar-refractivity contribution in [3.63, 3.8) is 0 Å². The van der Waals surface area contributed by atoms with Gasteiger partial charge in [0.25, 0.3) is 0 Å². The summed E-state index contributed by atoms with van der Waals surface area (Å²) in [6.07, 6.45) is 0.522. The third kappa shape index (κ3) is 3.72. The Balaban J connectivity index is 1.52. The molecule has 1 heterocycles. The standard InChI is InChI=1S/C24H23NO2/c1-27-21-13-11-19(12-14-21)24(26)15-20-17-25(16-18-7-3-2-4-8-18)23-10-6-5-9-22(20)23/h2-14,20H,15-17H2,1H3. The molecule has 0 spiro atoms. The molecule has 0 bridgehead atoms. The average Bonchev–Trinajstić information content (AvgIpc) is 3.06. The lowest BCUT2D eigenvalue weighted by Crippen LogP contribution is -2.22. The van der Waals surface area contributed by atoms with Gasteiger partial charge in [0.1, 0.15) is 5.75 Å². The second kappa shape index (κ2) is 7.67. The number of ketones is 1. The van der Waals surface area contributed by atoms with E-state index in [0.717, 1.165) is 24.4 Å². The highest BCUT2D eigenvalue weighted by atomic mass is 16.5. The Morgan fingerprint density at radius 1 is 0.963 bits per heavy atom. The second-order valence-corrected chi connectivity index (χ2v) is 6.98. The van der Waals surface area contributed by atoms with E-state index in [2.05, 4.69) is 53.4 Å². The van der Waals surface area contributed by atoms with Crippen LogP contribution in [0.2, 0.25) is 0 Å². The summed E-state index contributed by atoms with van der Waals surface area (Å²) in [5, 5.41) is 0. The van der Waals surface area contributed by atoms with Gasteiger partial charge in [-0.2, -0.15) is 0 Å². The number of methoxy groups -OCH3 is 1. The van der Waals surface area contributed by atoms with Crippen LogP contribution in [0.4, 0.5) is 5.69 Å². The molecule has 0 amide bonds. The maximum atomic E-state index is 12.8. The predicted octanol–water partition coefficient (Wildman–Crippen LogP) is 5.07. The van der Waals surface area contributed by atoms with Gasteiger partial charge in [0.05, 0.1) is 7.11 Å². The van der Waals surface area contributed by atoms with Crippen molar-refractivity contribution in [1.82, 2.24) is 0 Å². The van der Waals surface area contributed by atoms with E-state index in [0.29, 0.717) is 6.42 Å². The minimum absolute atomic E-state index is 0.180. The molecule has 0 aliphatic carbocycles. The summed E-state index contributed by atoms with van der Waals surface area (Å²) < 4.78 is 5.18. The highest BCUT2D eigenvalue weighted by molar-refractivity contribution is 5.97. The van der Waals surface area contributed by atoms with Gasteiger partial charge >= 0.3 is 0 Å². The van der Waals surface area contributed by atoms with Crippen molar-refractivity contribution in [3.8, 4) is 5.75 Å². The van der Waals surface area contributed by atoms with Crippen LogP contribution in [0.15, 0.2) is 78.9 Å². The van der Waals surface area contributed by atoms with Gasteiger partial charge in [0.15, 0.2) is 5.78 Å². The number of carbonyl (C=O) groups excluding carboxylic acids is 1. The minimum Gasteiger partial charge on any atom is -0.497 e. The van der Waals surface area contributed by atoms with E-state index in [1.54, 1.807) is 7.11 Å². The summed E-state index contributed by atoms with van der Waals surface area (Å²) in [5.74, 6) is 1.17. The van der Waals surface area contributed by atoms with Gasteiger partial charge < -0.3 is 9.64 Å². The summed E-state index contributed by atoms with van der Waals surface area (Å²) in [6.45, 7) is 1.74. The average molecular weight is 357 g/mol. The number of carbonyl (C=O) groups is 1. The Hall–Kier alpha value is -3.07. The van der Waals surface area contributed by atoms with Gasteiger partial charge in [-0.1, -0.05) is 48.5 Å². The van der Waals surface area contributed by atoms with Gasteiger partial charge in [-0.3, -0.25) is 4.79 Å². The number of Topliss-reactive ketones (excluding diaryl/α,β-unsaturated/α-hetero) is 1. The number of hydrogen-bond acceptors (Lipinski definition) is 3. The summed E-state index contributed by atoms with van der Waals surface area (Å²) in [7, 11) is 1.63. The summed E-state index contributed by atoms with van der Waals surface area (Å²) in [4.78, 5) is 15.2. The topological polar surface area (TPSA) is 29.5 Å². The van der Waals surface area contributed by atoms with E-state index in [1.807, 2.05) is 30.3 Å². The summed E-state index contributed by atoms with van der Waals surface area (Å²) in [6, 6.07) is 26.3. The number of rotatable bonds is 6. The molecule has 0 radical (unpaired) electrons. The molecule has 0 N–H and O–H groups in total. The van der Waals surface area contributed by atoms with Crippen LogP contribution < -0.4 is 9.64 Å². The Kier molecular flexibility index (Phi) is 4.93. The number of ether oxygens (including phenoxy) is 1. The molecule has 1 aliphatic heterocycles. The van der Waals surface area contributed by atoms with Crippen molar-refractivity contribution in [2.75, 3.05) is 18.6 Å². The quantitative estimate of drug-likeness (QED) is 0.577. The number of fused-ring (bicyclic) bond motifs is 1.